The highest BCUT2D eigenvalue weighted by Gasteiger charge is 2.27. The fourth-order valence-electron chi connectivity index (χ4n) is 1.91. The molecule has 0 fully saturated rings. The van der Waals surface area contributed by atoms with Crippen LogP contribution in [0.2, 0.25) is 0 Å². The van der Waals surface area contributed by atoms with Gasteiger partial charge in [-0.25, -0.2) is 0 Å². The molecule has 1 rings (SSSR count). The van der Waals surface area contributed by atoms with Gasteiger partial charge in [0.15, 0.2) is 0 Å². The van der Waals surface area contributed by atoms with E-state index in [0.717, 1.165) is 6.54 Å². The molecule has 1 aromatic rings. The molecule has 1 aromatic carbocycles. The van der Waals surface area contributed by atoms with E-state index < -0.39 is 11.4 Å². The molecule has 0 unspecified atom stereocenters. The summed E-state index contributed by atoms with van der Waals surface area (Å²) in [4.78, 5) is 13.2. The summed E-state index contributed by atoms with van der Waals surface area (Å²) in [6.07, 6.45) is 0.631. The summed E-state index contributed by atoms with van der Waals surface area (Å²) in [6.45, 7) is 8.44. The zero-order valence-electron chi connectivity index (χ0n) is 11.9. The van der Waals surface area contributed by atoms with Gasteiger partial charge in [-0.1, -0.05) is 17.7 Å². The van der Waals surface area contributed by atoms with Gasteiger partial charge in [0.25, 0.3) is 0 Å². The van der Waals surface area contributed by atoms with E-state index in [1.165, 1.54) is 16.8 Å². The minimum Gasteiger partial charge on any atom is -0.481 e. The van der Waals surface area contributed by atoms with Crippen LogP contribution >= 0.6 is 0 Å². The largest absolute Gasteiger partial charge is 0.481 e. The van der Waals surface area contributed by atoms with E-state index in [-0.39, 0.29) is 0 Å². The molecule has 0 saturated heterocycles. The van der Waals surface area contributed by atoms with Gasteiger partial charge in [0.2, 0.25) is 0 Å². The molecule has 0 heterocycles. The molecule has 0 aromatic heterocycles. The number of nitrogens with zero attached hydrogens (tertiary/aromatic N) is 1. The van der Waals surface area contributed by atoms with Crippen LogP contribution in [0.3, 0.4) is 0 Å². The number of carboxylic acids is 1. The normalized spacial score (nSPS) is 11.4. The number of carboxylic acid groups (broad SMARTS) is 1. The minimum absolute atomic E-state index is 0.631. The van der Waals surface area contributed by atoms with E-state index in [2.05, 4.69) is 36.9 Å². The summed E-state index contributed by atoms with van der Waals surface area (Å²) < 4.78 is 0. The second-order valence-electron chi connectivity index (χ2n) is 5.65. The first kappa shape index (κ1) is 14.6. The van der Waals surface area contributed by atoms with E-state index in [9.17, 15) is 4.79 Å². The van der Waals surface area contributed by atoms with Crippen molar-refractivity contribution >= 4 is 11.7 Å². The number of hydrogen-bond acceptors (Lipinski definition) is 2. The lowest BCUT2D eigenvalue weighted by Gasteiger charge is -2.26. The van der Waals surface area contributed by atoms with Crippen LogP contribution < -0.4 is 4.90 Å². The van der Waals surface area contributed by atoms with Gasteiger partial charge in [0, 0.05) is 19.3 Å². The molecule has 3 nitrogen and oxygen atoms in total. The lowest BCUT2D eigenvalue weighted by molar-refractivity contribution is -0.147. The van der Waals surface area contributed by atoms with Gasteiger partial charge < -0.3 is 10.0 Å². The van der Waals surface area contributed by atoms with Crippen LogP contribution in [-0.4, -0.2) is 24.7 Å². The molecule has 0 spiro atoms. The average Bonchev–Trinajstić information content (AvgIpc) is 2.25. The molecular formula is C15H23NO2. The maximum absolute atomic E-state index is 11.1. The number of aryl methyl sites for hydroxylation is 2. The molecule has 0 amide bonds. The molecular weight excluding hydrogens is 226 g/mol. The third-order valence-electron chi connectivity index (χ3n) is 3.41. The third-order valence-corrected chi connectivity index (χ3v) is 3.41. The smallest absolute Gasteiger partial charge is 0.309 e. The van der Waals surface area contributed by atoms with Gasteiger partial charge in [-0.15, -0.1) is 0 Å². The molecule has 0 atom stereocenters. The van der Waals surface area contributed by atoms with Crippen molar-refractivity contribution in [3.8, 4) is 0 Å². The molecule has 1 N–H and O–H groups in total. The summed E-state index contributed by atoms with van der Waals surface area (Å²) in [5.74, 6) is -0.739. The van der Waals surface area contributed by atoms with Crippen LogP contribution in [0.25, 0.3) is 0 Å². The molecule has 0 saturated carbocycles. The van der Waals surface area contributed by atoms with E-state index in [1.807, 2.05) is 7.05 Å². The van der Waals surface area contributed by atoms with Crippen LogP contribution in [0.4, 0.5) is 5.69 Å². The molecule has 0 aliphatic heterocycles. The van der Waals surface area contributed by atoms with E-state index >= 15 is 0 Å². The number of hydrogen-bond donors (Lipinski definition) is 1. The lowest BCUT2D eigenvalue weighted by Crippen LogP contribution is -2.30. The third kappa shape index (κ3) is 3.49. The van der Waals surface area contributed by atoms with Gasteiger partial charge >= 0.3 is 5.97 Å². The summed E-state index contributed by atoms with van der Waals surface area (Å²) in [5, 5.41) is 9.10. The summed E-state index contributed by atoms with van der Waals surface area (Å²) in [6, 6.07) is 6.33. The first-order chi connectivity index (χ1) is 8.24. The van der Waals surface area contributed by atoms with Crippen molar-refractivity contribution in [1.82, 2.24) is 0 Å². The predicted molar refractivity (Wildman–Crippen MR) is 75.2 cm³/mol. The Morgan fingerprint density at radius 3 is 2.44 bits per heavy atom. The highest BCUT2D eigenvalue weighted by molar-refractivity contribution is 5.73. The summed E-state index contributed by atoms with van der Waals surface area (Å²) in [7, 11) is 2.01. The maximum Gasteiger partial charge on any atom is 0.309 e. The first-order valence-corrected chi connectivity index (χ1v) is 6.26. The SMILES string of the molecule is Cc1ccc(N(C)CCC(C)(C)C(=O)O)c(C)c1. The number of anilines is 1. The average molecular weight is 249 g/mol. The van der Waals surface area contributed by atoms with Crippen molar-refractivity contribution < 1.29 is 9.90 Å². The zero-order valence-corrected chi connectivity index (χ0v) is 11.9. The monoisotopic (exact) mass is 249 g/mol. The Kier molecular flexibility index (Phi) is 4.38. The number of benzene rings is 1. The van der Waals surface area contributed by atoms with Crippen molar-refractivity contribution in [2.24, 2.45) is 5.41 Å². The molecule has 0 aliphatic carbocycles. The number of carbonyl (C=O) groups is 1. The molecule has 3 heteroatoms. The first-order valence-electron chi connectivity index (χ1n) is 6.26. The summed E-state index contributed by atoms with van der Waals surface area (Å²) in [5.41, 5.74) is 2.97. The molecule has 0 aliphatic rings. The van der Waals surface area contributed by atoms with Crippen LogP contribution in [0.15, 0.2) is 18.2 Å². The van der Waals surface area contributed by atoms with E-state index in [1.54, 1.807) is 13.8 Å². The molecule has 100 valence electrons. The second-order valence-corrected chi connectivity index (χ2v) is 5.65. The number of rotatable bonds is 5. The summed E-state index contributed by atoms with van der Waals surface area (Å²) >= 11 is 0. The minimum atomic E-state index is -0.739. The fourth-order valence-corrected chi connectivity index (χ4v) is 1.91. The Morgan fingerprint density at radius 2 is 1.94 bits per heavy atom. The van der Waals surface area contributed by atoms with Crippen molar-refractivity contribution in [2.45, 2.75) is 34.1 Å². The van der Waals surface area contributed by atoms with Gasteiger partial charge in [0.1, 0.15) is 0 Å². The molecule has 0 radical (unpaired) electrons. The zero-order chi connectivity index (χ0) is 13.9. The van der Waals surface area contributed by atoms with Gasteiger partial charge in [0.05, 0.1) is 5.41 Å². The maximum atomic E-state index is 11.1. The van der Waals surface area contributed by atoms with E-state index in [4.69, 9.17) is 5.11 Å². The second kappa shape index (κ2) is 5.42. The van der Waals surface area contributed by atoms with Gasteiger partial charge in [-0.3, -0.25) is 4.79 Å². The predicted octanol–water partition coefficient (Wildman–Crippen LogP) is 3.24. The van der Waals surface area contributed by atoms with E-state index in [0.29, 0.717) is 6.42 Å². The highest BCUT2D eigenvalue weighted by atomic mass is 16.4. The standard InChI is InChI=1S/C15H23NO2/c1-11-6-7-13(12(2)10-11)16(5)9-8-15(3,4)14(17)18/h6-7,10H,8-9H2,1-5H3,(H,17,18). The fraction of sp³-hybridized carbons (Fsp3) is 0.533. The Morgan fingerprint density at radius 1 is 1.33 bits per heavy atom. The van der Waals surface area contributed by atoms with Gasteiger partial charge in [-0.2, -0.15) is 0 Å². The van der Waals surface area contributed by atoms with Crippen LogP contribution in [0, 0.1) is 19.3 Å². The Balaban J connectivity index is 2.71. The number of aliphatic carboxylic acids is 1. The van der Waals surface area contributed by atoms with Crippen LogP contribution in [-0.2, 0) is 4.79 Å². The molecule has 0 bridgehead atoms. The molecule has 18 heavy (non-hydrogen) atoms. The van der Waals surface area contributed by atoms with Crippen molar-refractivity contribution in [3.63, 3.8) is 0 Å². The van der Waals surface area contributed by atoms with Crippen LogP contribution in [0.1, 0.15) is 31.4 Å². The van der Waals surface area contributed by atoms with Crippen LogP contribution in [0.5, 0.6) is 0 Å². The topological polar surface area (TPSA) is 40.5 Å². The Bertz CT molecular complexity index is 438. The lowest BCUT2D eigenvalue weighted by atomic mass is 9.89. The quantitative estimate of drug-likeness (QED) is 0.871. The van der Waals surface area contributed by atoms with Crippen molar-refractivity contribution in [3.05, 3.63) is 29.3 Å². The van der Waals surface area contributed by atoms with Gasteiger partial charge in [-0.05, 0) is 45.7 Å². The highest BCUT2D eigenvalue weighted by Crippen LogP contribution is 2.24. The van der Waals surface area contributed by atoms with Crippen molar-refractivity contribution in [2.75, 3.05) is 18.5 Å². The Labute approximate surface area is 109 Å². The van der Waals surface area contributed by atoms with Crippen molar-refractivity contribution in [1.29, 1.82) is 0 Å². The Hall–Kier alpha value is -1.51.